The Morgan fingerprint density at radius 1 is 0.974 bits per heavy atom. The SMILES string of the molecule is COc1ccc(C2c3c(oc4ccc(C)cc4c3=O)C(=O)N2c2nnc(SCc3ccc(C)cc3)s2)cc1. The topological polar surface area (TPSA) is 85.5 Å². The highest BCUT2D eigenvalue weighted by molar-refractivity contribution is 8.00. The van der Waals surface area contributed by atoms with E-state index in [2.05, 4.69) is 41.4 Å². The highest BCUT2D eigenvalue weighted by Crippen LogP contribution is 2.43. The Balaban J connectivity index is 1.42. The first-order valence-corrected chi connectivity index (χ1v) is 13.8. The van der Waals surface area contributed by atoms with Crippen LogP contribution in [0.15, 0.2) is 80.3 Å². The quantitative estimate of drug-likeness (QED) is 0.184. The lowest BCUT2D eigenvalue weighted by Gasteiger charge is -2.22. The third kappa shape index (κ3) is 4.27. The van der Waals surface area contributed by atoms with E-state index in [0.29, 0.717) is 27.4 Å². The molecule has 0 aliphatic carbocycles. The molecule has 1 atom stereocenters. The van der Waals surface area contributed by atoms with Crippen molar-refractivity contribution in [2.24, 2.45) is 0 Å². The predicted octanol–water partition coefficient (Wildman–Crippen LogP) is 6.31. The van der Waals surface area contributed by atoms with E-state index in [4.69, 9.17) is 9.15 Å². The summed E-state index contributed by atoms with van der Waals surface area (Å²) >= 11 is 2.88. The van der Waals surface area contributed by atoms with Gasteiger partial charge in [0.25, 0.3) is 5.91 Å². The lowest BCUT2D eigenvalue weighted by molar-refractivity contribution is 0.0970. The zero-order valence-corrected chi connectivity index (χ0v) is 22.6. The maximum Gasteiger partial charge on any atom is 0.297 e. The molecule has 2 aromatic heterocycles. The third-order valence-corrected chi connectivity index (χ3v) is 8.67. The second-order valence-corrected chi connectivity index (χ2v) is 11.3. The van der Waals surface area contributed by atoms with Gasteiger partial charge in [0.2, 0.25) is 10.9 Å². The van der Waals surface area contributed by atoms with Crippen molar-refractivity contribution >= 4 is 45.1 Å². The zero-order chi connectivity index (χ0) is 26.4. The van der Waals surface area contributed by atoms with E-state index in [1.807, 2.05) is 37.3 Å². The second kappa shape index (κ2) is 9.74. The molecule has 0 saturated carbocycles. The molecule has 1 aliphatic heterocycles. The number of aromatic nitrogens is 2. The number of hydrogen-bond donors (Lipinski definition) is 0. The number of methoxy groups -OCH3 is 1. The van der Waals surface area contributed by atoms with E-state index in [0.717, 1.165) is 21.2 Å². The monoisotopic (exact) mass is 541 g/mol. The number of nitrogens with zero attached hydrogens (tertiary/aromatic N) is 3. The van der Waals surface area contributed by atoms with Gasteiger partial charge in [-0.25, -0.2) is 0 Å². The standard InChI is InChI=1S/C29H23N3O4S2/c1-16-4-7-18(8-5-16)15-37-29-31-30-28(38-29)32-24(19-9-11-20(35-3)12-10-19)23-25(33)21-14-17(2)6-13-22(21)36-26(23)27(32)34/h4-14,24H,15H2,1-3H3. The number of benzene rings is 3. The van der Waals surface area contributed by atoms with Gasteiger partial charge in [0.1, 0.15) is 11.3 Å². The molecule has 1 amide bonds. The molecular formula is C29H23N3O4S2. The van der Waals surface area contributed by atoms with Gasteiger partial charge in [-0.15, -0.1) is 10.2 Å². The van der Waals surface area contributed by atoms with Crippen LogP contribution in [0, 0.1) is 13.8 Å². The summed E-state index contributed by atoms with van der Waals surface area (Å²) < 4.78 is 12.1. The molecule has 3 heterocycles. The van der Waals surface area contributed by atoms with Crippen LogP contribution in [0.3, 0.4) is 0 Å². The normalized spacial score (nSPS) is 14.8. The summed E-state index contributed by atoms with van der Waals surface area (Å²) in [6, 6.07) is 20.4. The van der Waals surface area contributed by atoms with E-state index in [9.17, 15) is 9.59 Å². The van der Waals surface area contributed by atoms with Crippen molar-refractivity contribution in [3.63, 3.8) is 0 Å². The summed E-state index contributed by atoms with van der Waals surface area (Å²) in [7, 11) is 1.59. The second-order valence-electron chi connectivity index (χ2n) is 9.15. The van der Waals surface area contributed by atoms with Crippen LogP contribution in [0.2, 0.25) is 0 Å². The molecule has 5 aromatic rings. The summed E-state index contributed by atoms with van der Waals surface area (Å²) in [6.45, 7) is 3.98. The molecule has 38 heavy (non-hydrogen) atoms. The van der Waals surface area contributed by atoms with E-state index >= 15 is 0 Å². The number of anilines is 1. The lowest BCUT2D eigenvalue weighted by atomic mass is 9.98. The van der Waals surface area contributed by atoms with E-state index in [1.165, 1.54) is 27.4 Å². The molecule has 1 unspecified atom stereocenters. The molecular weight excluding hydrogens is 518 g/mol. The first-order valence-electron chi connectivity index (χ1n) is 12.0. The minimum Gasteiger partial charge on any atom is -0.497 e. The van der Waals surface area contributed by atoms with Gasteiger partial charge in [-0.05, 0) is 49.2 Å². The number of hydrogen-bond acceptors (Lipinski definition) is 8. The number of fused-ring (bicyclic) bond motifs is 2. The highest BCUT2D eigenvalue weighted by atomic mass is 32.2. The fourth-order valence-corrected chi connectivity index (χ4v) is 6.40. The number of carbonyl (C=O) groups is 1. The van der Waals surface area contributed by atoms with Crippen LogP contribution in [-0.4, -0.2) is 23.2 Å². The Hall–Kier alpha value is -3.95. The average molecular weight is 542 g/mol. The van der Waals surface area contributed by atoms with Gasteiger partial charge in [-0.3, -0.25) is 14.5 Å². The smallest absolute Gasteiger partial charge is 0.297 e. The Bertz CT molecular complexity index is 1730. The van der Waals surface area contributed by atoms with Crippen LogP contribution in [0.5, 0.6) is 5.75 Å². The molecule has 0 fully saturated rings. The summed E-state index contributed by atoms with van der Waals surface area (Å²) in [5.41, 5.74) is 4.54. The Morgan fingerprint density at radius 2 is 1.71 bits per heavy atom. The number of rotatable bonds is 6. The molecule has 0 saturated heterocycles. The van der Waals surface area contributed by atoms with Crippen molar-refractivity contribution in [2.45, 2.75) is 30.0 Å². The highest BCUT2D eigenvalue weighted by Gasteiger charge is 2.45. The maximum absolute atomic E-state index is 13.8. The number of amides is 1. The van der Waals surface area contributed by atoms with Crippen molar-refractivity contribution < 1.29 is 13.9 Å². The van der Waals surface area contributed by atoms with Gasteiger partial charge in [0, 0.05) is 5.75 Å². The fraction of sp³-hybridized carbons (Fsp3) is 0.172. The van der Waals surface area contributed by atoms with E-state index in [-0.39, 0.29) is 11.2 Å². The Labute approximate surface area is 227 Å². The van der Waals surface area contributed by atoms with Crippen molar-refractivity contribution in [3.8, 4) is 5.75 Å². The average Bonchev–Trinajstić information content (AvgIpc) is 3.51. The molecule has 190 valence electrons. The fourth-order valence-electron chi connectivity index (χ4n) is 4.57. The summed E-state index contributed by atoms with van der Waals surface area (Å²) in [5.74, 6) is 1.04. The maximum atomic E-state index is 13.8. The largest absolute Gasteiger partial charge is 0.497 e. The van der Waals surface area contributed by atoms with Crippen LogP contribution in [0.1, 0.15) is 44.4 Å². The van der Waals surface area contributed by atoms with Crippen LogP contribution in [0.4, 0.5) is 5.13 Å². The van der Waals surface area contributed by atoms with Crippen molar-refractivity contribution in [1.29, 1.82) is 0 Å². The Kier molecular flexibility index (Phi) is 6.25. The predicted molar refractivity (Wildman–Crippen MR) is 150 cm³/mol. The van der Waals surface area contributed by atoms with Crippen LogP contribution in [0.25, 0.3) is 11.0 Å². The van der Waals surface area contributed by atoms with Gasteiger partial charge < -0.3 is 9.15 Å². The van der Waals surface area contributed by atoms with E-state index in [1.54, 1.807) is 31.0 Å². The van der Waals surface area contributed by atoms with Gasteiger partial charge in [0.15, 0.2) is 9.77 Å². The number of thioether (sulfide) groups is 1. The number of ether oxygens (including phenoxy) is 1. The van der Waals surface area contributed by atoms with Crippen LogP contribution < -0.4 is 15.1 Å². The first-order chi connectivity index (χ1) is 18.4. The summed E-state index contributed by atoms with van der Waals surface area (Å²) in [5, 5.41) is 9.57. The van der Waals surface area contributed by atoms with E-state index < -0.39 is 11.9 Å². The zero-order valence-electron chi connectivity index (χ0n) is 20.9. The molecule has 0 N–H and O–H groups in total. The third-order valence-electron chi connectivity index (χ3n) is 6.54. The van der Waals surface area contributed by atoms with Crippen molar-refractivity contribution in [2.75, 3.05) is 12.0 Å². The molecule has 7 nitrogen and oxygen atoms in total. The number of aryl methyl sites for hydroxylation is 2. The van der Waals surface area contributed by atoms with Crippen LogP contribution in [-0.2, 0) is 5.75 Å². The first kappa shape index (κ1) is 24.4. The molecule has 9 heteroatoms. The minimum absolute atomic E-state index is 0.0382. The molecule has 6 rings (SSSR count). The molecule has 1 aliphatic rings. The number of carbonyl (C=O) groups excluding carboxylic acids is 1. The van der Waals surface area contributed by atoms with Crippen LogP contribution >= 0.6 is 23.1 Å². The molecule has 0 spiro atoms. The Morgan fingerprint density at radius 3 is 2.45 bits per heavy atom. The lowest BCUT2D eigenvalue weighted by Crippen LogP contribution is -2.29. The van der Waals surface area contributed by atoms with Gasteiger partial charge >= 0.3 is 0 Å². The summed E-state index contributed by atoms with van der Waals surface area (Å²) in [6.07, 6.45) is 0. The van der Waals surface area contributed by atoms with Crippen molar-refractivity contribution in [3.05, 3.63) is 111 Å². The molecule has 0 radical (unpaired) electrons. The van der Waals surface area contributed by atoms with Gasteiger partial charge in [-0.1, -0.05) is 76.7 Å². The molecule has 0 bridgehead atoms. The minimum atomic E-state index is -0.701. The van der Waals surface area contributed by atoms with Gasteiger partial charge in [-0.2, -0.15) is 0 Å². The summed E-state index contributed by atoms with van der Waals surface area (Å²) in [4.78, 5) is 29.1. The van der Waals surface area contributed by atoms with Gasteiger partial charge in [0.05, 0.1) is 24.1 Å². The molecule has 3 aromatic carbocycles. The van der Waals surface area contributed by atoms with Crippen molar-refractivity contribution in [1.82, 2.24) is 10.2 Å².